The summed E-state index contributed by atoms with van der Waals surface area (Å²) < 4.78 is 1.78. The molecular weight excluding hydrogens is 234 g/mol. The van der Waals surface area contributed by atoms with Gasteiger partial charge in [-0.25, -0.2) is 0 Å². The van der Waals surface area contributed by atoms with Gasteiger partial charge in [0.15, 0.2) is 0 Å². The van der Waals surface area contributed by atoms with E-state index in [9.17, 15) is 0 Å². The van der Waals surface area contributed by atoms with Crippen molar-refractivity contribution in [1.82, 2.24) is 9.78 Å². The number of nitrogens with zero attached hydrogens (tertiary/aromatic N) is 3. The topological polar surface area (TPSA) is 41.6 Å². The maximum absolute atomic E-state index is 9.12. The third kappa shape index (κ3) is 2.17. The molecule has 0 saturated heterocycles. The van der Waals surface area contributed by atoms with Gasteiger partial charge >= 0.3 is 0 Å². The third-order valence-corrected chi connectivity index (χ3v) is 2.84. The summed E-state index contributed by atoms with van der Waals surface area (Å²) in [6, 6.07) is 9.79. The van der Waals surface area contributed by atoms with Gasteiger partial charge in [0.25, 0.3) is 0 Å². The van der Waals surface area contributed by atoms with Crippen molar-refractivity contribution in [2.24, 2.45) is 0 Å². The number of halogens is 1. The van der Waals surface area contributed by atoms with E-state index in [-0.39, 0.29) is 6.04 Å². The average molecular weight is 246 g/mol. The molecule has 1 aromatic heterocycles. The summed E-state index contributed by atoms with van der Waals surface area (Å²) >= 11 is 6.12. The van der Waals surface area contributed by atoms with Gasteiger partial charge in [0.2, 0.25) is 0 Å². The van der Waals surface area contributed by atoms with E-state index in [0.717, 1.165) is 5.56 Å². The van der Waals surface area contributed by atoms with Crippen LogP contribution in [0.3, 0.4) is 0 Å². The van der Waals surface area contributed by atoms with Crippen LogP contribution >= 0.6 is 11.6 Å². The summed E-state index contributed by atoms with van der Waals surface area (Å²) in [5, 5.41) is 14.1. The molecule has 0 N–H and O–H groups in total. The van der Waals surface area contributed by atoms with E-state index in [2.05, 4.69) is 11.2 Å². The van der Waals surface area contributed by atoms with Crippen molar-refractivity contribution in [2.75, 3.05) is 0 Å². The molecule has 2 aromatic rings. The molecule has 0 atom stereocenters. The summed E-state index contributed by atoms with van der Waals surface area (Å²) in [5.74, 6) is 0. The van der Waals surface area contributed by atoms with Crippen LogP contribution in [0.15, 0.2) is 30.5 Å². The molecular formula is C13H12ClN3. The van der Waals surface area contributed by atoms with E-state index < -0.39 is 0 Å². The number of hydrogen-bond donors (Lipinski definition) is 0. The summed E-state index contributed by atoms with van der Waals surface area (Å²) in [6.45, 7) is 4.04. The molecule has 0 fully saturated rings. The molecule has 0 radical (unpaired) electrons. The molecule has 0 unspecified atom stereocenters. The highest BCUT2D eigenvalue weighted by atomic mass is 35.5. The molecule has 0 bridgehead atoms. The Hall–Kier alpha value is -1.79. The highest BCUT2D eigenvalue weighted by Crippen LogP contribution is 2.29. The zero-order chi connectivity index (χ0) is 12.4. The minimum atomic E-state index is 0.221. The largest absolute Gasteiger partial charge is 0.268 e. The zero-order valence-corrected chi connectivity index (χ0v) is 10.4. The fraction of sp³-hybridized carbons (Fsp3) is 0.231. The second kappa shape index (κ2) is 4.60. The molecule has 86 valence electrons. The van der Waals surface area contributed by atoms with Crippen LogP contribution in [0, 0.1) is 11.3 Å². The number of nitriles is 1. The predicted octanol–water partition coefficient (Wildman–Crippen LogP) is 3.66. The minimum Gasteiger partial charge on any atom is -0.268 e. The van der Waals surface area contributed by atoms with Crippen LogP contribution in [-0.4, -0.2) is 9.78 Å². The summed E-state index contributed by atoms with van der Waals surface area (Å²) in [5.41, 5.74) is 1.99. The molecule has 0 spiro atoms. The Labute approximate surface area is 105 Å². The van der Waals surface area contributed by atoms with Crippen LogP contribution in [0.2, 0.25) is 5.02 Å². The Kier molecular flexibility index (Phi) is 3.16. The molecule has 1 aromatic carbocycles. The number of hydrogen-bond acceptors (Lipinski definition) is 2. The SMILES string of the molecule is CC(C)n1cc(C#N)c(-c2ccccc2Cl)n1. The highest BCUT2D eigenvalue weighted by molar-refractivity contribution is 6.33. The van der Waals surface area contributed by atoms with Gasteiger partial charge in [-0.2, -0.15) is 10.4 Å². The van der Waals surface area contributed by atoms with E-state index in [1.807, 2.05) is 32.0 Å². The Morgan fingerprint density at radius 3 is 2.65 bits per heavy atom. The van der Waals surface area contributed by atoms with Crippen molar-refractivity contribution in [1.29, 1.82) is 5.26 Å². The Morgan fingerprint density at radius 2 is 2.06 bits per heavy atom. The van der Waals surface area contributed by atoms with Crippen molar-refractivity contribution in [2.45, 2.75) is 19.9 Å². The smallest absolute Gasteiger partial charge is 0.112 e. The molecule has 3 nitrogen and oxygen atoms in total. The van der Waals surface area contributed by atoms with Crippen LogP contribution in [0.4, 0.5) is 0 Å². The van der Waals surface area contributed by atoms with Crippen molar-refractivity contribution < 1.29 is 0 Å². The maximum atomic E-state index is 9.12. The Bertz CT molecular complexity index is 579. The molecule has 0 aliphatic carbocycles. The van der Waals surface area contributed by atoms with Gasteiger partial charge in [-0.05, 0) is 19.9 Å². The van der Waals surface area contributed by atoms with Gasteiger partial charge in [-0.1, -0.05) is 29.8 Å². The lowest BCUT2D eigenvalue weighted by molar-refractivity contribution is 0.534. The lowest BCUT2D eigenvalue weighted by atomic mass is 10.1. The first-order valence-corrected chi connectivity index (χ1v) is 5.75. The molecule has 0 saturated carbocycles. The lowest BCUT2D eigenvalue weighted by Gasteiger charge is -2.04. The van der Waals surface area contributed by atoms with Gasteiger partial charge in [0.1, 0.15) is 11.8 Å². The molecule has 1 heterocycles. The zero-order valence-electron chi connectivity index (χ0n) is 9.68. The molecule has 0 aliphatic heterocycles. The number of rotatable bonds is 2. The molecule has 0 amide bonds. The van der Waals surface area contributed by atoms with Gasteiger partial charge < -0.3 is 0 Å². The van der Waals surface area contributed by atoms with Crippen LogP contribution in [0.1, 0.15) is 25.5 Å². The molecule has 2 rings (SSSR count). The Morgan fingerprint density at radius 1 is 1.35 bits per heavy atom. The molecule has 4 heteroatoms. The van der Waals surface area contributed by atoms with E-state index >= 15 is 0 Å². The quantitative estimate of drug-likeness (QED) is 0.810. The van der Waals surface area contributed by atoms with Gasteiger partial charge in [0.05, 0.1) is 10.6 Å². The standard InChI is InChI=1S/C13H12ClN3/c1-9(2)17-8-10(7-15)13(16-17)11-5-3-4-6-12(11)14/h3-6,8-9H,1-2H3. The van der Waals surface area contributed by atoms with Crippen LogP contribution in [0.25, 0.3) is 11.3 Å². The monoisotopic (exact) mass is 245 g/mol. The second-order valence-corrected chi connectivity index (χ2v) is 4.46. The summed E-state index contributed by atoms with van der Waals surface area (Å²) in [6.07, 6.45) is 1.75. The van der Waals surface area contributed by atoms with E-state index in [1.165, 1.54) is 0 Å². The maximum Gasteiger partial charge on any atom is 0.112 e. The van der Waals surface area contributed by atoms with E-state index in [1.54, 1.807) is 16.9 Å². The fourth-order valence-electron chi connectivity index (χ4n) is 1.59. The van der Waals surface area contributed by atoms with Crippen molar-refractivity contribution in [3.63, 3.8) is 0 Å². The van der Waals surface area contributed by atoms with Gasteiger partial charge in [-0.3, -0.25) is 4.68 Å². The fourth-order valence-corrected chi connectivity index (χ4v) is 1.82. The highest BCUT2D eigenvalue weighted by Gasteiger charge is 2.14. The van der Waals surface area contributed by atoms with Gasteiger partial charge in [0, 0.05) is 17.8 Å². The van der Waals surface area contributed by atoms with Crippen molar-refractivity contribution >= 4 is 11.6 Å². The normalized spacial score (nSPS) is 10.5. The second-order valence-electron chi connectivity index (χ2n) is 4.06. The van der Waals surface area contributed by atoms with Crippen LogP contribution in [-0.2, 0) is 0 Å². The van der Waals surface area contributed by atoms with Gasteiger partial charge in [-0.15, -0.1) is 0 Å². The average Bonchev–Trinajstić information content (AvgIpc) is 2.73. The first kappa shape index (κ1) is 11.7. The van der Waals surface area contributed by atoms with Crippen LogP contribution in [0.5, 0.6) is 0 Å². The van der Waals surface area contributed by atoms with Crippen molar-refractivity contribution in [3.05, 3.63) is 41.0 Å². The summed E-state index contributed by atoms with van der Waals surface area (Å²) in [7, 11) is 0. The first-order chi connectivity index (χ1) is 8.13. The lowest BCUT2D eigenvalue weighted by Crippen LogP contribution is -2.00. The predicted molar refractivity (Wildman–Crippen MR) is 67.8 cm³/mol. The van der Waals surface area contributed by atoms with Crippen molar-refractivity contribution in [3.8, 4) is 17.3 Å². The molecule has 17 heavy (non-hydrogen) atoms. The number of benzene rings is 1. The summed E-state index contributed by atoms with van der Waals surface area (Å²) in [4.78, 5) is 0. The minimum absolute atomic E-state index is 0.221. The first-order valence-electron chi connectivity index (χ1n) is 5.37. The molecule has 0 aliphatic rings. The van der Waals surface area contributed by atoms with E-state index in [4.69, 9.17) is 16.9 Å². The Balaban J connectivity index is 2.60. The third-order valence-electron chi connectivity index (χ3n) is 2.51. The van der Waals surface area contributed by atoms with E-state index in [0.29, 0.717) is 16.3 Å². The number of aromatic nitrogens is 2. The van der Waals surface area contributed by atoms with Crippen LogP contribution < -0.4 is 0 Å².